The summed E-state index contributed by atoms with van der Waals surface area (Å²) in [7, 11) is 0. The Morgan fingerprint density at radius 1 is 1.47 bits per heavy atom. The molecule has 1 amide bonds. The third-order valence-electron chi connectivity index (χ3n) is 3.37. The molecule has 0 spiro atoms. The average molecular weight is 268 g/mol. The predicted octanol–water partition coefficient (Wildman–Crippen LogP) is 2.64. The van der Waals surface area contributed by atoms with E-state index < -0.39 is 11.6 Å². The number of piperidine rings is 1. The van der Waals surface area contributed by atoms with E-state index in [2.05, 4.69) is 12.2 Å². The highest BCUT2D eigenvalue weighted by molar-refractivity contribution is 5.81. The molecule has 0 aliphatic carbocycles. The maximum atomic E-state index is 13.4. The first-order valence-corrected chi connectivity index (χ1v) is 6.53. The second-order valence-corrected chi connectivity index (χ2v) is 5.06. The summed E-state index contributed by atoms with van der Waals surface area (Å²) in [5, 5.41) is 2.66. The van der Waals surface area contributed by atoms with E-state index in [0.717, 1.165) is 44.1 Å². The fourth-order valence-corrected chi connectivity index (χ4v) is 2.33. The molecule has 5 heteroatoms. The number of nitrogens with one attached hydrogen (secondary N) is 1. The van der Waals surface area contributed by atoms with Gasteiger partial charge in [0.1, 0.15) is 11.6 Å². The second kappa shape index (κ2) is 5.99. The zero-order valence-electron chi connectivity index (χ0n) is 11.0. The topological polar surface area (TPSA) is 32.3 Å². The molecule has 1 fully saturated rings. The molecule has 0 radical (unpaired) electrons. The molecule has 104 valence electrons. The van der Waals surface area contributed by atoms with Crippen LogP contribution in [0.4, 0.5) is 14.5 Å². The first-order chi connectivity index (χ1) is 9.06. The highest BCUT2D eigenvalue weighted by Gasteiger charge is 2.20. The lowest BCUT2D eigenvalue weighted by atomic mass is 10.0. The lowest BCUT2D eigenvalue weighted by Crippen LogP contribution is -2.42. The number of anilines is 1. The Bertz CT molecular complexity index is 465. The van der Waals surface area contributed by atoms with Crippen molar-refractivity contribution in [2.75, 3.05) is 25.0 Å². The lowest BCUT2D eigenvalue weighted by molar-refractivity contribution is -0.130. The average Bonchev–Trinajstić information content (AvgIpc) is 2.39. The maximum Gasteiger partial charge on any atom is 0.241 e. The van der Waals surface area contributed by atoms with Gasteiger partial charge in [-0.1, -0.05) is 6.92 Å². The number of halogens is 2. The molecule has 1 aliphatic rings. The number of hydrogen-bond acceptors (Lipinski definition) is 2. The van der Waals surface area contributed by atoms with Gasteiger partial charge in [-0.25, -0.2) is 8.78 Å². The van der Waals surface area contributed by atoms with Crippen LogP contribution in [0.25, 0.3) is 0 Å². The quantitative estimate of drug-likeness (QED) is 0.914. The van der Waals surface area contributed by atoms with Crippen molar-refractivity contribution in [3.63, 3.8) is 0 Å². The first kappa shape index (κ1) is 13.8. The zero-order chi connectivity index (χ0) is 13.8. The number of likely N-dealkylation sites (tertiary alicyclic amines) is 1. The summed E-state index contributed by atoms with van der Waals surface area (Å²) in [6.07, 6.45) is 2.14. The number of rotatable bonds is 3. The summed E-state index contributed by atoms with van der Waals surface area (Å²) < 4.78 is 26.3. The molecule has 2 rings (SSSR count). The Balaban J connectivity index is 1.91. The molecule has 1 heterocycles. The van der Waals surface area contributed by atoms with Crippen molar-refractivity contribution in [2.24, 2.45) is 5.92 Å². The van der Waals surface area contributed by atoms with Gasteiger partial charge in [0.05, 0.1) is 12.2 Å². The predicted molar refractivity (Wildman–Crippen MR) is 69.8 cm³/mol. The minimum absolute atomic E-state index is 0.00685. The summed E-state index contributed by atoms with van der Waals surface area (Å²) in [5.41, 5.74) is 0.0263. The van der Waals surface area contributed by atoms with Crippen molar-refractivity contribution in [1.82, 2.24) is 4.90 Å². The summed E-state index contributed by atoms with van der Waals surface area (Å²) >= 11 is 0. The van der Waals surface area contributed by atoms with Crippen molar-refractivity contribution in [1.29, 1.82) is 0 Å². The van der Waals surface area contributed by atoms with Crippen LogP contribution in [-0.4, -0.2) is 30.4 Å². The SMILES string of the molecule is CC1CCCN(C(=O)CNc2cc(F)ccc2F)C1. The Kier molecular flexibility index (Phi) is 4.35. The van der Waals surface area contributed by atoms with E-state index in [-0.39, 0.29) is 18.1 Å². The van der Waals surface area contributed by atoms with Gasteiger partial charge in [0.15, 0.2) is 0 Å². The lowest BCUT2D eigenvalue weighted by Gasteiger charge is -2.31. The van der Waals surface area contributed by atoms with E-state index >= 15 is 0 Å². The molecule has 0 aromatic heterocycles. The van der Waals surface area contributed by atoms with Crippen LogP contribution < -0.4 is 5.32 Å². The molecule has 0 saturated carbocycles. The molecular formula is C14H18F2N2O. The second-order valence-electron chi connectivity index (χ2n) is 5.06. The largest absolute Gasteiger partial charge is 0.374 e. The molecular weight excluding hydrogens is 250 g/mol. The van der Waals surface area contributed by atoms with Gasteiger partial charge in [0, 0.05) is 13.1 Å². The Hall–Kier alpha value is -1.65. The fraction of sp³-hybridized carbons (Fsp3) is 0.500. The van der Waals surface area contributed by atoms with Gasteiger partial charge < -0.3 is 10.2 Å². The summed E-state index contributed by atoms with van der Waals surface area (Å²) in [6, 6.07) is 3.15. The molecule has 1 saturated heterocycles. The van der Waals surface area contributed by atoms with Crippen molar-refractivity contribution in [3.05, 3.63) is 29.8 Å². The molecule has 19 heavy (non-hydrogen) atoms. The van der Waals surface area contributed by atoms with Gasteiger partial charge in [-0.05, 0) is 37.0 Å². The summed E-state index contributed by atoms with van der Waals surface area (Å²) in [4.78, 5) is 13.7. The van der Waals surface area contributed by atoms with Crippen LogP contribution in [0.3, 0.4) is 0 Å². The number of benzene rings is 1. The highest BCUT2D eigenvalue weighted by Crippen LogP contribution is 2.17. The molecule has 0 bridgehead atoms. The normalized spacial score (nSPS) is 19.3. The Morgan fingerprint density at radius 3 is 3.00 bits per heavy atom. The van der Waals surface area contributed by atoms with Crippen molar-refractivity contribution >= 4 is 11.6 Å². The minimum Gasteiger partial charge on any atom is -0.374 e. The maximum absolute atomic E-state index is 13.4. The molecule has 1 unspecified atom stereocenters. The third-order valence-corrected chi connectivity index (χ3v) is 3.37. The van der Waals surface area contributed by atoms with Crippen LogP contribution in [-0.2, 0) is 4.79 Å². The molecule has 1 aliphatic heterocycles. The standard InChI is InChI=1S/C14H18F2N2O/c1-10-3-2-6-18(9-10)14(19)8-17-13-7-11(15)4-5-12(13)16/h4-5,7,10,17H,2-3,6,8-9H2,1H3. The van der Waals surface area contributed by atoms with Crippen LogP contribution in [0, 0.1) is 17.6 Å². The van der Waals surface area contributed by atoms with E-state index in [1.54, 1.807) is 4.90 Å². The monoisotopic (exact) mass is 268 g/mol. The fourth-order valence-electron chi connectivity index (χ4n) is 2.33. The van der Waals surface area contributed by atoms with Crippen LogP contribution in [0.2, 0.25) is 0 Å². The number of nitrogens with zero attached hydrogens (tertiary/aromatic N) is 1. The van der Waals surface area contributed by atoms with Crippen LogP contribution in [0.5, 0.6) is 0 Å². The van der Waals surface area contributed by atoms with Crippen LogP contribution in [0.15, 0.2) is 18.2 Å². The molecule has 1 aromatic carbocycles. The van der Waals surface area contributed by atoms with E-state index in [0.29, 0.717) is 5.92 Å². The first-order valence-electron chi connectivity index (χ1n) is 6.53. The van der Waals surface area contributed by atoms with Crippen LogP contribution in [0.1, 0.15) is 19.8 Å². The number of carbonyl (C=O) groups is 1. The van der Waals surface area contributed by atoms with Crippen molar-refractivity contribution in [3.8, 4) is 0 Å². The Labute approximate surface area is 111 Å². The smallest absolute Gasteiger partial charge is 0.241 e. The molecule has 1 aromatic rings. The minimum atomic E-state index is -0.554. The summed E-state index contributed by atoms with van der Waals surface area (Å²) in [5.74, 6) is -0.650. The Morgan fingerprint density at radius 2 is 2.26 bits per heavy atom. The van der Waals surface area contributed by atoms with Gasteiger partial charge in [-0.3, -0.25) is 4.79 Å². The zero-order valence-corrected chi connectivity index (χ0v) is 11.0. The summed E-state index contributed by atoms with van der Waals surface area (Å²) in [6.45, 7) is 3.59. The number of hydrogen-bond donors (Lipinski definition) is 1. The van der Waals surface area contributed by atoms with Gasteiger partial charge in [0.2, 0.25) is 5.91 Å². The van der Waals surface area contributed by atoms with E-state index in [4.69, 9.17) is 0 Å². The highest BCUT2D eigenvalue weighted by atomic mass is 19.1. The van der Waals surface area contributed by atoms with Gasteiger partial charge in [-0.15, -0.1) is 0 Å². The van der Waals surface area contributed by atoms with Gasteiger partial charge in [0.25, 0.3) is 0 Å². The van der Waals surface area contributed by atoms with E-state index in [1.165, 1.54) is 0 Å². The molecule has 1 N–H and O–H groups in total. The third kappa shape index (κ3) is 3.66. The number of amides is 1. The number of carbonyl (C=O) groups excluding carboxylic acids is 1. The van der Waals surface area contributed by atoms with Crippen molar-refractivity contribution in [2.45, 2.75) is 19.8 Å². The van der Waals surface area contributed by atoms with E-state index in [1.807, 2.05) is 0 Å². The van der Waals surface area contributed by atoms with Gasteiger partial charge >= 0.3 is 0 Å². The molecule has 3 nitrogen and oxygen atoms in total. The van der Waals surface area contributed by atoms with Crippen molar-refractivity contribution < 1.29 is 13.6 Å². The van der Waals surface area contributed by atoms with Crippen LogP contribution >= 0.6 is 0 Å². The van der Waals surface area contributed by atoms with E-state index in [9.17, 15) is 13.6 Å². The molecule has 1 atom stereocenters. The van der Waals surface area contributed by atoms with Gasteiger partial charge in [-0.2, -0.15) is 0 Å².